The Bertz CT molecular complexity index is 299. The summed E-state index contributed by atoms with van der Waals surface area (Å²) < 4.78 is 12.7. The second-order valence-corrected chi connectivity index (χ2v) is 5.38. The van der Waals surface area contributed by atoms with Crippen molar-refractivity contribution in [2.75, 3.05) is 0 Å². The highest BCUT2D eigenvalue weighted by Crippen LogP contribution is 2.20. The van der Waals surface area contributed by atoms with Crippen molar-refractivity contribution < 1.29 is 4.39 Å². The van der Waals surface area contributed by atoms with Crippen molar-refractivity contribution in [2.45, 2.75) is 31.0 Å². The smallest absolute Gasteiger partial charge is 0.124 e. The van der Waals surface area contributed by atoms with E-state index in [9.17, 15) is 4.39 Å². The maximum atomic E-state index is 12.7. The molecule has 0 aliphatic rings. The van der Waals surface area contributed by atoms with Crippen molar-refractivity contribution in [1.29, 1.82) is 0 Å². The van der Waals surface area contributed by atoms with Crippen LogP contribution < -0.4 is 0 Å². The number of aryl methyl sites for hydroxylation is 1. The molecule has 78 valence electrons. The fourth-order valence-electron chi connectivity index (χ4n) is 1.30. The van der Waals surface area contributed by atoms with Crippen LogP contribution in [0.2, 0.25) is 5.02 Å². The average molecular weight is 280 g/mol. The summed E-state index contributed by atoms with van der Waals surface area (Å²) in [5, 5.41) is 0.534. The summed E-state index contributed by atoms with van der Waals surface area (Å²) in [6.45, 7) is 2.12. The summed E-state index contributed by atoms with van der Waals surface area (Å²) >= 11 is 9.38. The molecule has 0 saturated carbocycles. The second kappa shape index (κ2) is 5.72. The van der Waals surface area contributed by atoms with Gasteiger partial charge < -0.3 is 0 Å². The Kier molecular flexibility index (Phi) is 4.90. The fraction of sp³-hybridized carbons (Fsp3) is 0.455. The fourth-order valence-corrected chi connectivity index (χ4v) is 1.88. The minimum atomic E-state index is -0.271. The van der Waals surface area contributed by atoms with Crippen molar-refractivity contribution in [2.24, 2.45) is 0 Å². The summed E-state index contributed by atoms with van der Waals surface area (Å²) in [5.41, 5.74) is 1.03. The zero-order chi connectivity index (χ0) is 10.6. The molecule has 0 amide bonds. The lowest BCUT2D eigenvalue weighted by atomic mass is 10.1. The molecular weight excluding hydrogens is 266 g/mol. The Hall–Kier alpha value is -0.0800. The monoisotopic (exact) mass is 278 g/mol. The molecule has 14 heavy (non-hydrogen) atoms. The molecule has 1 unspecified atom stereocenters. The topological polar surface area (TPSA) is 0 Å². The third-order valence-electron chi connectivity index (χ3n) is 2.06. The quantitative estimate of drug-likeness (QED) is 0.707. The molecule has 0 N–H and O–H groups in total. The molecule has 1 aromatic rings. The van der Waals surface area contributed by atoms with Gasteiger partial charge in [-0.2, -0.15) is 0 Å². The van der Waals surface area contributed by atoms with Gasteiger partial charge >= 0.3 is 0 Å². The lowest BCUT2D eigenvalue weighted by Crippen LogP contribution is -1.93. The third-order valence-corrected chi connectivity index (χ3v) is 2.87. The Morgan fingerprint density at radius 3 is 2.79 bits per heavy atom. The van der Waals surface area contributed by atoms with E-state index in [-0.39, 0.29) is 5.82 Å². The van der Waals surface area contributed by atoms with Gasteiger partial charge in [-0.25, -0.2) is 4.39 Å². The number of benzene rings is 1. The molecule has 0 spiro atoms. The molecule has 0 nitrogen and oxygen atoms in total. The van der Waals surface area contributed by atoms with E-state index in [1.165, 1.54) is 12.1 Å². The van der Waals surface area contributed by atoms with Crippen molar-refractivity contribution in [3.8, 4) is 0 Å². The van der Waals surface area contributed by atoms with E-state index in [2.05, 4.69) is 22.9 Å². The number of rotatable bonds is 4. The van der Waals surface area contributed by atoms with Crippen LogP contribution in [-0.2, 0) is 6.42 Å². The van der Waals surface area contributed by atoms with Gasteiger partial charge in [0.1, 0.15) is 5.82 Å². The van der Waals surface area contributed by atoms with E-state index in [0.29, 0.717) is 9.85 Å². The molecule has 0 saturated heterocycles. The standard InChI is InChI=1S/C11H13BrClF/c1-8(12)3-2-4-9-5-6-10(14)7-11(9)13/h5-8H,2-4H2,1H3. The average Bonchev–Trinajstić information content (AvgIpc) is 2.08. The van der Waals surface area contributed by atoms with E-state index < -0.39 is 0 Å². The SMILES string of the molecule is CC(Br)CCCc1ccc(F)cc1Cl. The zero-order valence-electron chi connectivity index (χ0n) is 8.06. The van der Waals surface area contributed by atoms with E-state index in [1.807, 2.05) is 0 Å². The number of hydrogen-bond donors (Lipinski definition) is 0. The maximum Gasteiger partial charge on any atom is 0.124 e. The van der Waals surface area contributed by atoms with Crippen LogP contribution in [0.5, 0.6) is 0 Å². The van der Waals surface area contributed by atoms with Crippen LogP contribution >= 0.6 is 27.5 Å². The zero-order valence-corrected chi connectivity index (χ0v) is 10.4. The lowest BCUT2D eigenvalue weighted by Gasteiger charge is -2.05. The van der Waals surface area contributed by atoms with Crippen LogP contribution in [-0.4, -0.2) is 4.83 Å². The Balaban J connectivity index is 2.51. The Morgan fingerprint density at radius 1 is 1.50 bits per heavy atom. The van der Waals surface area contributed by atoms with E-state index in [0.717, 1.165) is 24.8 Å². The first-order valence-corrected chi connectivity index (χ1v) is 5.97. The van der Waals surface area contributed by atoms with Gasteiger partial charge in [-0.15, -0.1) is 0 Å². The molecule has 0 aromatic heterocycles. The van der Waals surface area contributed by atoms with E-state index in [4.69, 9.17) is 11.6 Å². The van der Waals surface area contributed by atoms with Crippen LogP contribution in [0.4, 0.5) is 4.39 Å². The van der Waals surface area contributed by atoms with Gasteiger partial charge in [0, 0.05) is 9.85 Å². The van der Waals surface area contributed by atoms with Gasteiger partial charge in [-0.1, -0.05) is 40.5 Å². The highest BCUT2D eigenvalue weighted by molar-refractivity contribution is 9.09. The summed E-state index contributed by atoms with van der Waals surface area (Å²) in [6.07, 6.45) is 3.08. The van der Waals surface area contributed by atoms with E-state index in [1.54, 1.807) is 6.07 Å². The van der Waals surface area contributed by atoms with E-state index >= 15 is 0 Å². The third kappa shape index (κ3) is 3.97. The van der Waals surface area contributed by atoms with Crippen LogP contribution in [0.25, 0.3) is 0 Å². The van der Waals surface area contributed by atoms with Gasteiger partial charge in [0.15, 0.2) is 0 Å². The minimum absolute atomic E-state index is 0.271. The van der Waals surface area contributed by atoms with Crippen LogP contribution in [0.3, 0.4) is 0 Å². The van der Waals surface area contributed by atoms with Gasteiger partial charge in [0.05, 0.1) is 0 Å². The molecule has 1 aromatic carbocycles. The molecule has 1 atom stereocenters. The molecule has 0 fully saturated rings. The normalized spacial score (nSPS) is 12.9. The van der Waals surface area contributed by atoms with Gasteiger partial charge in [-0.05, 0) is 37.0 Å². The first-order valence-electron chi connectivity index (χ1n) is 4.67. The first kappa shape index (κ1) is 12.0. The summed E-state index contributed by atoms with van der Waals surface area (Å²) in [4.78, 5) is 0.529. The molecule has 0 bridgehead atoms. The number of alkyl halides is 1. The Labute approximate surface area is 97.6 Å². The van der Waals surface area contributed by atoms with Crippen LogP contribution in [0.1, 0.15) is 25.3 Å². The van der Waals surface area contributed by atoms with Crippen molar-refractivity contribution in [1.82, 2.24) is 0 Å². The minimum Gasteiger partial charge on any atom is -0.207 e. The first-order chi connectivity index (χ1) is 6.59. The second-order valence-electron chi connectivity index (χ2n) is 3.41. The van der Waals surface area contributed by atoms with Gasteiger partial charge in [0.25, 0.3) is 0 Å². The highest BCUT2D eigenvalue weighted by Gasteiger charge is 2.02. The lowest BCUT2D eigenvalue weighted by molar-refractivity contribution is 0.626. The summed E-state index contributed by atoms with van der Waals surface area (Å²) in [7, 11) is 0. The van der Waals surface area contributed by atoms with Gasteiger partial charge in [0.2, 0.25) is 0 Å². The number of hydrogen-bond acceptors (Lipinski definition) is 0. The van der Waals surface area contributed by atoms with Crippen LogP contribution in [0, 0.1) is 5.82 Å². The van der Waals surface area contributed by atoms with Crippen molar-refractivity contribution >= 4 is 27.5 Å². The molecule has 0 aliphatic heterocycles. The number of halogens is 3. The predicted octanol–water partition coefficient (Wildman–Crippen LogP) is 4.59. The molecule has 3 heteroatoms. The molecule has 0 radical (unpaired) electrons. The summed E-state index contributed by atoms with van der Waals surface area (Å²) in [5.74, 6) is -0.271. The summed E-state index contributed by atoms with van der Waals surface area (Å²) in [6, 6.07) is 4.59. The molecule has 0 aliphatic carbocycles. The predicted molar refractivity (Wildman–Crippen MR) is 62.7 cm³/mol. The molecule has 1 rings (SSSR count). The van der Waals surface area contributed by atoms with Crippen molar-refractivity contribution in [3.63, 3.8) is 0 Å². The van der Waals surface area contributed by atoms with Crippen molar-refractivity contribution in [3.05, 3.63) is 34.6 Å². The Morgan fingerprint density at radius 2 is 2.21 bits per heavy atom. The van der Waals surface area contributed by atoms with Crippen LogP contribution in [0.15, 0.2) is 18.2 Å². The largest absolute Gasteiger partial charge is 0.207 e. The maximum absolute atomic E-state index is 12.7. The van der Waals surface area contributed by atoms with Gasteiger partial charge in [-0.3, -0.25) is 0 Å². The molecule has 0 heterocycles. The molecular formula is C11H13BrClF. The highest BCUT2D eigenvalue weighted by atomic mass is 79.9.